The van der Waals surface area contributed by atoms with Gasteiger partial charge in [0.05, 0.1) is 5.83 Å². The van der Waals surface area contributed by atoms with E-state index in [1.54, 1.807) is 6.92 Å². The number of halogens is 2. The van der Waals surface area contributed by atoms with Gasteiger partial charge >= 0.3 is 0 Å². The largest absolute Gasteiger partial charge is 0.212 e. The minimum Gasteiger partial charge on any atom is -0.212 e. The molecule has 0 aromatic heterocycles. The van der Waals surface area contributed by atoms with Crippen LogP contribution in [0.25, 0.3) is 0 Å². The van der Waals surface area contributed by atoms with E-state index in [9.17, 15) is 8.78 Å². The third-order valence-electron chi connectivity index (χ3n) is 0.736. The van der Waals surface area contributed by atoms with E-state index < -0.39 is 11.7 Å². The summed E-state index contributed by atoms with van der Waals surface area (Å²) < 4.78 is 24.1. The first-order valence-corrected chi connectivity index (χ1v) is 2.86. The third-order valence-corrected chi connectivity index (χ3v) is 0.736. The molecular formula is C7H10F2. The molecule has 0 unspecified atom stereocenters. The van der Waals surface area contributed by atoms with Crippen molar-refractivity contribution in [2.24, 2.45) is 0 Å². The summed E-state index contributed by atoms with van der Waals surface area (Å²) in [6, 6.07) is 0. The van der Waals surface area contributed by atoms with Gasteiger partial charge in [-0.1, -0.05) is 6.92 Å². The van der Waals surface area contributed by atoms with Gasteiger partial charge in [0.25, 0.3) is 0 Å². The minimum atomic E-state index is -0.503. The molecule has 0 spiro atoms. The smallest absolute Gasteiger partial charge is 0.121 e. The molecule has 9 heavy (non-hydrogen) atoms. The van der Waals surface area contributed by atoms with Crippen molar-refractivity contribution >= 4 is 0 Å². The van der Waals surface area contributed by atoms with Gasteiger partial charge in [-0.15, -0.1) is 0 Å². The van der Waals surface area contributed by atoms with Crippen LogP contribution in [-0.4, -0.2) is 0 Å². The molecule has 0 aliphatic carbocycles. The lowest BCUT2D eigenvalue weighted by Crippen LogP contribution is -1.66. The van der Waals surface area contributed by atoms with Gasteiger partial charge < -0.3 is 0 Å². The van der Waals surface area contributed by atoms with Crippen molar-refractivity contribution in [2.45, 2.75) is 20.3 Å². The third kappa shape index (κ3) is 5.21. The summed E-state index contributed by atoms with van der Waals surface area (Å²) in [5.74, 6) is -1.00. The van der Waals surface area contributed by atoms with Crippen molar-refractivity contribution in [3.05, 3.63) is 23.8 Å². The van der Waals surface area contributed by atoms with E-state index in [2.05, 4.69) is 0 Å². The fourth-order valence-electron chi connectivity index (χ4n) is 0.444. The predicted octanol–water partition coefficient (Wildman–Crippen LogP) is 3.12. The van der Waals surface area contributed by atoms with Gasteiger partial charge in [-0.3, -0.25) is 0 Å². The number of rotatable bonds is 2. The van der Waals surface area contributed by atoms with Gasteiger partial charge in [0.1, 0.15) is 5.83 Å². The lowest BCUT2D eigenvalue weighted by Gasteiger charge is -1.84. The minimum absolute atomic E-state index is 0.502. The fraction of sp³-hybridized carbons (Fsp3) is 0.429. The molecule has 0 aliphatic rings. The van der Waals surface area contributed by atoms with Gasteiger partial charge in [0.15, 0.2) is 0 Å². The van der Waals surface area contributed by atoms with E-state index in [1.165, 1.54) is 13.0 Å². The zero-order valence-corrected chi connectivity index (χ0v) is 5.62. The van der Waals surface area contributed by atoms with Crippen LogP contribution >= 0.6 is 0 Å². The maximum Gasteiger partial charge on any atom is 0.121 e. The molecule has 0 saturated carbocycles. The second-order valence-corrected chi connectivity index (χ2v) is 1.73. The van der Waals surface area contributed by atoms with Crippen LogP contribution in [0.1, 0.15) is 20.3 Å². The normalized spacial score (nSPS) is 14.2. The molecule has 0 aromatic rings. The van der Waals surface area contributed by atoms with Crippen molar-refractivity contribution in [1.82, 2.24) is 0 Å². The Hall–Kier alpha value is -0.660. The molecule has 0 amide bonds. The Bertz CT molecular complexity index is 130. The maximum atomic E-state index is 12.2. The zero-order valence-electron chi connectivity index (χ0n) is 5.62. The molecule has 0 atom stereocenters. The second-order valence-electron chi connectivity index (χ2n) is 1.73. The van der Waals surface area contributed by atoms with Crippen molar-refractivity contribution < 1.29 is 8.78 Å². The summed E-state index contributed by atoms with van der Waals surface area (Å²) in [7, 11) is 0. The van der Waals surface area contributed by atoms with Crippen LogP contribution in [0, 0.1) is 0 Å². The predicted molar refractivity (Wildman–Crippen MR) is 34.3 cm³/mol. The molecule has 0 bridgehead atoms. The van der Waals surface area contributed by atoms with Crippen LogP contribution in [0.15, 0.2) is 23.8 Å². The van der Waals surface area contributed by atoms with Gasteiger partial charge in [-0.2, -0.15) is 0 Å². The second kappa shape index (κ2) is 4.24. The van der Waals surface area contributed by atoms with Crippen LogP contribution in [0.3, 0.4) is 0 Å². The highest BCUT2D eigenvalue weighted by molar-refractivity contribution is 5.12. The Morgan fingerprint density at radius 2 is 2.00 bits per heavy atom. The number of allylic oxidation sites excluding steroid dienone is 4. The standard InChI is InChI=1S/C7H10F2/c1-3-4-7(9)5-6(2)8/h4-5H,3H2,1-2H3/b6-5+,7-4+. The Balaban J connectivity index is 3.90. The summed E-state index contributed by atoms with van der Waals surface area (Å²) in [4.78, 5) is 0. The van der Waals surface area contributed by atoms with Gasteiger partial charge in [0, 0.05) is 6.08 Å². The highest BCUT2D eigenvalue weighted by Crippen LogP contribution is 2.04. The number of hydrogen-bond acceptors (Lipinski definition) is 0. The molecule has 52 valence electrons. The topological polar surface area (TPSA) is 0 Å². The molecule has 0 radical (unpaired) electrons. The molecule has 2 heteroatoms. The molecule has 0 aliphatic heterocycles. The van der Waals surface area contributed by atoms with Gasteiger partial charge in [-0.25, -0.2) is 8.78 Å². The zero-order chi connectivity index (χ0) is 7.28. The van der Waals surface area contributed by atoms with E-state index in [-0.39, 0.29) is 0 Å². The Morgan fingerprint density at radius 1 is 1.44 bits per heavy atom. The van der Waals surface area contributed by atoms with Crippen molar-refractivity contribution in [3.8, 4) is 0 Å². The molecular weight excluding hydrogens is 122 g/mol. The Kier molecular flexibility index (Phi) is 3.93. The van der Waals surface area contributed by atoms with Crippen molar-refractivity contribution in [3.63, 3.8) is 0 Å². The van der Waals surface area contributed by atoms with E-state index in [0.29, 0.717) is 6.42 Å². The Morgan fingerprint density at radius 3 is 2.33 bits per heavy atom. The van der Waals surface area contributed by atoms with Crippen LogP contribution in [-0.2, 0) is 0 Å². The van der Waals surface area contributed by atoms with Crippen LogP contribution < -0.4 is 0 Å². The van der Waals surface area contributed by atoms with Crippen LogP contribution in [0.2, 0.25) is 0 Å². The Labute approximate surface area is 53.9 Å². The van der Waals surface area contributed by atoms with Crippen molar-refractivity contribution in [1.29, 1.82) is 0 Å². The van der Waals surface area contributed by atoms with Crippen molar-refractivity contribution in [2.75, 3.05) is 0 Å². The highest BCUT2D eigenvalue weighted by Gasteiger charge is 1.87. The molecule has 0 aromatic carbocycles. The maximum absolute atomic E-state index is 12.2. The fourth-order valence-corrected chi connectivity index (χ4v) is 0.444. The first-order valence-electron chi connectivity index (χ1n) is 2.86. The molecule has 0 N–H and O–H groups in total. The first kappa shape index (κ1) is 8.34. The summed E-state index contributed by atoms with van der Waals surface area (Å²) in [6.45, 7) is 3.00. The van der Waals surface area contributed by atoms with Crippen LogP contribution in [0.5, 0.6) is 0 Å². The molecule has 0 nitrogen and oxygen atoms in total. The monoisotopic (exact) mass is 132 g/mol. The highest BCUT2D eigenvalue weighted by atomic mass is 19.1. The molecule has 0 fully saturated rings. The van der Waals surface area contributed by atoms with E-state index in [0.717, 1.165) is 6.08 Å². The molecule has 0 rings (SSSR count). The van der Waals surface area contributed by atoms with Gasteiger partial charge in [-0.05, 0) is 19.4 Å². The summed E-state index contributed by atoms with van der Waals surface area (Å²) in [5.41, 5.74) is 0. The van der Waals surface area contributed by atoms with E-state index in [4.69, 9.17) is 0 Å². The van der Waals surface area contributed by atoms with E-state index >= 15 is 0 Å². The lowest BCUT2D eigenvalue weighted by atomic mass is 10.3. The first-order chi connectivity index (χ1) is 4.16. The molecule has 0 heterocycles. The SMILES string of the molecule is CC/C=C(F)\C=C(/C)F. The average molecular weight is 132 g/mol. The quantitative estimate of drug-likeness (QED) is 0.506. The molecule has 0 saturated heterocycles. The lowest BCUT2D eigenvalue weighted by molar-refractivity contribution is 0.612. The van der Waals surface area contributed by atoms with Gasteiger partial charge in [0.2, 0.25) is 0 Å². The summed E-state index contributed by atoms with van der Waals surface area (Å²) in [5, 5.41) is 0. The van der Waals surface area contributed by atoms with E-state index in [1.807, 2.05) is 0 Å². The van der Waals surface area contributed by atoms with Crippen LogP contribution in [0.4, 0.5) is 8.78 Å². The number of hydrogen-bond donors (Lipinski definition) is 0. The summed E-state index contributed by atoms with van der Waals surface area (Å²) in [6.07, 6.45) is 2.78. The summed E-state index contributed by atoms with van der Waals surface area (Å²) >= 11 is 0. The average Bonchev–Trinajstić information content (AvgIpc) is 1.63.